The molecular weight excluding hydrogens is 641 g/mol. The molecule has 4 aromatic heterocycles. The highest BCUT2D eigenvalue weighted by atomic mass is 79.9. The Hall–Kier alpha value is -4.33. The lowest BCUT2D eigenvalue weighted by atomic mass is 9.98. The maximum Gasteiger partial charge on any atom is 0.417 e. The van der Waals surface area contributed by atoms with Gasteiger partial charge in [0.2, 0.25) is 5.95 Å². The van der Waals surface area contributed by atoms with Gasteiger partial charge in [0.1, 0.15) is 5.82 Å². The van der Waals surface area contributed by atoms with Gasteiger partial charge in [-0.25, -0.2) is 14.2 Å². The van der Waals surface area contributed by atoms with Crippen molar-refractivity contribution in [2.45, 2.75) is 65.7 Å². The van der Waals surface area contributed by atoms with E-state index in [4.69, 9.17) is 10.1 Å². The first kappa shape index (κ1) is 29.7. The predicted molar refractivity (Wildman–Crippen MR) is 159 cm³/mol. The number of benzene rings is 1. The van der Waals surface area contributed by atoms with Gasteiger partial charge in [0.25, 0.3) is 11.5 Å². The third kappa shape index (κ3) is 5.00. The van der Waals surface area contributed by atoms with Gasteiger partial charge in [-0.1, -0.05) is 29.8 Å². The smallest absolute Gasteiger partial charge is 0.330 e. The molecule has 228 valence electrons. The summed E-state index contributed by atoms with van der Waals surface area (Å²) < 4.78 is 45.5. The van der Waals surface area contributed by atoms with Gasteiger partial charge in [0.15, 0.2) is 5.65 Å². The highest BCUT2D eigenvalue weighted by molar-refractivity contribution is 9.10. The molecule has 1 aliphatic heterocycles. The average molecular weight is 670 g/mol. The molecule has 0 N–H and O–H groups in total. The molecule has 0 spiro atoms. The van der Waals surface area contributed by atoms with Crippen LogP contribution < -0.4 is 5.56 Å². The van der Waals surface area contributed by atoms with Crippen LogP contribution >= 0.6 is 15.9 Å². The Morgan fingerprint density at radius 2 is 1.84 bits per heavy atom. The van der Waals surface area contributed by atoms with Gasteiger partial charge < -0.3 is 4.90 Å². The summed E-state index contributed by atoms with van der Waals surface area (Å²) in [6.45, 7) is 9.42. The molecule has 0 bridgehead atoms. The van der Waals surface area contributed by atoms with Crippen molar-refractivity contribution >= 4 is 27.5 Å². The molecule has 0 saturated heterocycles. The Morgan fingerprint density at radius 1 is 1.09 bits per heavy atom. The molecule has 6 rings (SSSR count). The minimum atomic E-state index is -4.64. The Balaban J connectivity index is 1.50. The molecule has 14 heteroatoms. The molecule has 0 radical (unpaired) electrons. The second kappa shape index (κ2) is 10.7. The first-order chi connectivity index (χ1) is 20.7. The number of carbonyl (C=O) groups is 1. The second-order valence-electron chi connectivity index (χ2n) is 11.3. The zero-order valence-corrected chi connectivity index (χ0v) is 26.1. The molecule has 10 nitrogen and oxygen atoms in total. The number of carbonyl (C=O) groups excluding carboxylic acids is 1. The van der Waals surface area contributed by atoms with Crippen LogP contribution in [0.25, 0.3) is 17.3 Å². The largest absolute Gasteiger partial charge is 0.417 e. The van der Waals surface area contributed by atoms with Crippen molar-refractivity contribution < 1.29 is 18.0 Å². The number of pyridine rings is 1. The van der Waals surface area contributed by atoms with Crippen molar-refractivity contribution in [1.29, 1.82) is 0 Å². The monoisotopic (exact) mass is 668 g/mol. The highest BCUT2D eigenvalue weighted by Crippen LogP contribution is 2.36. The van der Waals surface area contributed by atoms with Crippen LogP contribution in [0.3, 0.4) is 0 Å². The molecule has 5 aromatic rings. The van der Waals surface area contributed by atoms with Crippen LogP contribution in [0.15, 0.2) is 51.9 Å². The summed E-state index contributed by atoms with van der Waals surface area (Å²) in [5, 5.41) is 13.1. The number of alkyl halides is 3. The van der Waals surface area contributed by atoms with Crippen molar-refractivity contribution in [3.05, 3.63) is 97.0 Å². The molecule has 5 heterocycles. The summed E-state index contributed by atoms with van der Waals surface area (Å²) in [5.74, 6) is 0.450. The summed E-state index contributed by atoms with van der Waals surface area (Å²) >= 11 is 2.93. The zero-order valence-electron chi connectivity index (χ0n) is 24.5. The molecule has 1 aliphatic rings. The van der Waals surface area contributed by atoms with Crippen molar-refractivity contribution in [2.75, 3.05) is 0 Å². The third-order valence-electron chi connectivity index (χ3n) is 7.89. The lowest BCUT2D eigenvalue weighted by molar-refractivity contribution is -0.138. The number of hydrogen-bond donors (Lipinski definition) is 0. The maximum atomic E-state index is 14.3. The Kier molecular flexibility index (Phi) is 7.22. The van der Waals surface area contributed by atoms with Crippen molar-refractivity contribution in [3.63, 3.8) is 0 Å². The summed E-state index contributed by atoms with van der Waals surface area (Å²) in [7, 11) is 0. The van der Waals surface area contributed by atoms with Gasteiger partial charge >= 0.3 is 6.18 Å². The molecule has 0 unspecified atom stereocenters. The Morgan fingerprint density at radius 3 is 2.52 bits per heavy atom. The fraction of sp³-hybridized carbons (Fsp3) is 0.333. The van der Waals surface area contributed by atoms with E-state index in [9.17, 15) is 22.8 Å². The topological polar surface area (TPSA) is 103 Å². The van der Waals surface area contributed by atoms with E-state index in [1.165, 1.54) is 21.6 Å². The Bertz CT molecular complexity index is 2010. The van der Waals surface area contributed by atoms with Crippen LogP contribution in [0.2, 0.25) is 0 Å². The summed E-state index contributed by atoms with van der Waals surface area (Å²) in [6, 6.07) is 8.37. The fourth-order valence-corrected chi connectivity index (χ4v) is 5.93. The quantitative estimate of drug-likeness (QED) is 0.248. The lowest BCUT2D eigenvalue weighted by Crippen LogP contribution is -2.46. The van der Waals surface area contributed by atoms with Crippen LogP contribution in [0.5, 0.6) is 0 Å². The molecule has 0 saturated carbocycles. The van der Waals surface area contributed by atoms with Crippen molar-refractivity contribution in [1.82, 2.24) is 38.8 Å². The van der Waals surface area contributed by atoms with Crippen molar-refractivity contribution in [2.24, 2.45) is 0 Å². The van der Waals surface area contributed by atoms with Gasteiger partial charge in [0.05, 0.1) is 29.2 Å². The van der Waals surface area contributed by atoms with E-state index in [0.717, 1.165) is 17.5 Å². The van der Waals surface area contributed by atoms with Gasteiger partial charge in [-0.05, 0) is 63.4 Å². The summed E-state index contributed by atoms with van der Waals surface area (Å²) in [4.78, 5) is 34.2. The number of halogens is 4. The normalized spacial score (nSPS) is 15.3. The van der Waals surface area contributed by atoms with Crippen LogP contribution in [0.1, 0.15) is 71.1 Å². The third-order valence-corrected chi connectivity index (χ3v) is 8.58. The average Bonchev–Trinajstić information content (AvgIpc) is 3.54. The number of aromatic nitrogens is 7. The van der Waals surface area contributed by atoms with Crippen LogP contribution in [0, 0.1) is 13.8 Å². The van der Waals surface area contributed by atoms with E-state index in [-0.39, 0.29) is 40.4 Å². The van der Waals surface area contributed by atoms with E-state index in [1.54, 1.807) is 34.3 Å². The van der Waals surface area contributed by atoms with E-state index < -0.39 is 23.7 Å². The van der Waals surface area contributed by atoms with E-state index in [0.29, 0.717) is 28.4 Å². The first-order valence-corrected chi connectivity index (χ1v) is 14.7. The zero-order chi connectivity index (χ0) is 31.7. The maximum absolute atomic E-state index is 14.3. The van der Waals surface area contributed by atoms with E-state index in [2.05, 4.69) is 26.1 Å². The number of nitrogens with zero attached hydrogens (tertiary/aromatic N) is 8. The van der Waals surface area contributed by atoms with Crippen LogP contribution in [0.4, 0.5) is 13.2 Å². The molecule has 1 atom stereocenters. The predicted octanol–water partition coefficient (Wildman–Crippen LogP) is 5.57. The number of fused-ring (bicyclic) bond motifs is 2. The van der Waals surface area contributed by atoms with Gasteiger partial charge in [0, 0.05) is 39.6 Å². The Labute approximate surface area is 258 Å². The number of amides is 1. The number of hydrogen-bond acceptors (Lipinski definition) is 6. The number of aryl methyl sites for hydroxylation is 2. The highest BCUT2D eigenvalue weighted by Gasteiger charge is 2.36. The standard InChI is InChI=1S/C30H28BrF3N8O2/c1-15(2)24-11-17(4)42(38-24)29-35-25-14-40(27(43)19-6-7-23(31)22(12-19)30(32,33)34)16(3)10-21(25)28(44)41(29)20-8-9-39-18(5)36-37-26(39)13-20/h6-9,11-13,15-16H,10,14H2,1-5H3/t16-/m1/s1. The van der Waals surface area contributed by atoms with Crippen molar-refractivity contribution in [3.8, 4) is 11.6 Å². The van der Waals surface area contributed by atoms with E-state index >= 15 is 0 Å². The molecule has 0 fully saturated rings. The van der Waals surface area contributed by atoms with Gasteiger partial charge in [-0.15, -0.1) is 10.2 Å². The molecular formula is C30H28BrF3N8O2. The van der Waals surface area contributed by atoms with Gasteiger partial charge in [-0.3, -0.25) is 14.0 Å². The molecule has 1 aromatic carbocycles. The van der Waals surface area contributed by atoms with Crippen LogP contribution in [-0.4, -0.2) is 50.8 Å². The SMILES string of the molecule is Cc1cc(C(C)C)nn1-c1nc2c(c(=O)n1-c1ccn3c(C)nnc3c1)C[C@@H](C)N(C(=O)c1ccc(Br)c(C(F)(F)F)c1)C2. The first-order valence-electron chi connectivity index (χ1n) is 14.0. The minimum Gasteiger partial charge on any atom is -0.330 e. The second-order valence-corrected chi connectivity index (χ2v) is 12.1. The van der Waals surface area contributed by atoms with E-state index in [1.807, 2.05) is 33.8 Å². The summed E-state index contributed by atoms with van der Waals surface area (Å²) in [6.07, 6.45) is -2.69. The molecule has 44 heavy (non-hydrogen) atoms. The fourth-order valence-electron chi connectivity index (χ4n) is 5.46. The number of rotatable bonds is 4. The summed E-state index contributed by atoms with van der Waals surface area (Å²) in [5.41, 5.74) is 2.04. The molecule has 0 aliphatic carbocycles. The van der Waals surface area contributed by atoms with Crippen LogP contribution in [-0.2, 0) is 19.1 Å². The molecule has 1 amide bonds. The van der Waals surface area contributed by atoms with Gasteiger partial charge in [-0.2, -0.15) is 18.3 Å². The lowest BCUT2D eigenvalue weighted by Gasteiger charge is -2.34. The minimum absolute atomic E-state index is 0.0599.